The van der Waals surface area contributed by atoms with Gasteiger partial charge < -0.3 is 10.5 Å². The van der Waals surface area contributed by atoms with Gasteiger partial charge in [0.15, 0.2) is 9.84 Å². The first-order valence-corrected chi connectivity index (χ1v) is 7.80. The van der Waals surface area contributed by atoms with E-state index in [9.17, 15) is 8.42 Å². The molecule has 19 heavy (non-hydrogen) atoms. The molecular weight excluding hydrogens is 262 g/mol. The summed E-state index contributed by atoms with van der Waals surface area (Å²) in [6, 6.07) is 7.16. The van der Waals surface area contributed by atoms with Crippen molar-refractivity contribution < 1.29 is 13.2 Å². The molecule has 0 atom stereocenters. The molecule has 0 fully saturated rings. The first kappa shape index (κ1) is 15.5. The lowest BCUT2D eigenvalue weighted by Gasteiger charge is -2.09. The van der Waals surface area contributed by atoms with E-state index < -0.39 is 9.84 Å². The van der Waals surface area contributed by atoms with Gasteiger partial charge in [-0.05, 0) is 38.1 Å². The Hall–Kier alpha value is -1.51. The summed E-state index contributed by atoms with van der Waals surface area (Å²) in [6.45, 7) is 3.82. The van der Waals surface area contributed by atoms with Gasteiger partial charge in [0.2, 0.25) is 0 Å². The van der Waals surface area contributed by atoms with Crippen LogP contribution in [0.25, 0.3) is 0 Å². The van der Waals surface area contributed by atoms with Gasteiger partial charge >= 0.3 is 0 Å². The van der Waals surface area contributed by atoms with Crippen LogP contribution in [0.5, 0.6) is 5.75 Å². The van der Waals surface area contributed by atoms with E-state index in [0.717, 1.165) is 5.56 Å². The molecule has 4 nitrogen and oxygen atoms in total. The van der Waals surface area contributed by atoms with Crippen LogP contribution in [0.1, 0.15) is 19.4 Å². The number of hydrogen-bond donors (Lipinski definition) is 1. The number of sulfone groups is 1. The van der Waals surface area contributed by atoms with Gasteiger partial charge in [0.05, 0.1) is 17.5 Å². The van der Waals surface area contributed by atoms with E-state index in [1.807, 2.05) is 12.1 Å². The van der Waals surface area contributed by atoms with Gasteiger partial charge in [-0.2, -0.15) is 0 Å². The third-order valence-electron chi connectivity index (χ3n) is 2.54. The molecule has 1 rings (SSSR count). The quantitative estimate of drug-likeness (QED) is 0.823. The van der Waals surface area contributed by atoms with Crippen molar-refractivity contribution in [1.29, 1.82) is 0 Å². The normalized spacial score (nSPS) is 10.9. The second kappa shape index (κ2) is 7.17. The fourth-order valence-electron chi connectivity index (χ4n) is 1.30. The summed E-state index contributed by atoms with van der Waals surface area (Å²) in [5.74, 6) is 6.32. The lowest BCUT2D eigenvalue weighted by Crippen LogP contribution is -2.21. The fourth-order valence-corrected chi connectivity index (χ4v) is 2.09. The van der Waals surface area contributed by atoms with Crippen molar-refractivity contribution in [2.75, 3.05) is 18.9 Å². The fraction of sp³-hybridized carbons (Fsp3) is 0.429. The van der Waals surface area contributed by atoms with E-state index in [1.165, 1.54) is 0 Å². The third-order valence-corrected chi connectivity index (χ3v) is 4.72. The molecule has 2 N–H and O–H groups in total. The van der Waals surface area contributed by atoms with Crippen LogP contribution in [0.15, 0.2) is 24.3 Å². The summed E-state index contributed by atoms with van der Waals surface area (Å²) in [5, 5.41) is -0.370. The van der Waals surface area contributed by atoms with Crippen molar-refractivity contribution in [3.63, 3.8) is 0 Å². The van der Waals surface area contributed by atoms with Gasteiger partial charge in [-0.1, -0.05) is 11.8 Å². The molecule has 0 radical (unpaired) electrons. The zero-order valence-corrected chi connectivity index (χ0v) is 12.0. The molecule has 0 aromatic heterocycles. The van der Waals surface area contributed by atoms with E-state index in [0.29, 0.717) is 12.3 Å². The Morgan fingerprint density at radius 3 is 2.42 bits per heavy atom. The lowest BCUT2D eigenvalue weighted by molar-refractivity contribution is 0.340. The molecule has 0 unspecified atom stereocenters. The highest BCUT2D eigenvalue weighted by atomic mass is 32.2. The number of ether oxygens (including phenoxy) is 1. The molecular formula is C14H19NO3S. The number of hydrogen-bond acceptors (Lipinski definition) is 4. The van der Waals surface area contributed by atoms with Crippen molar-refractivity contribution in [3.8, 4) is 17.6 Å². The molecule has 0 saturated carbocycles. The number of benzene rings is 1. The van der Waals surface area contributed by atoms with E-state index in [-0.39, 0.29) is 17.6 Å². The van der Waals surface area contributed by atoms with Gasteiger partial charge in [0.25, 0.3) is 0 Å². The molecule has 5 heteroatoms. The third kappa shape index (κ3) is 5.33. The predicted octanol–water partition coefficient (Wildman–Crippen LogP) is 1.20. The Bertz CT molecular complexity index is 551. The van der Waals surface area contributed by atoms with Crippen molar-refractivity contribution in [2.24, 2.45) is 5.73 Å². The molecule has 0 heterocycles. The lowest BCUT2D eigenvalue weighted by atomic mass is 10.2. The molecule has 0 amide bonds. The van der Waals surface area contributed by atoms with Gasteiger partial charge in [0, 0.05) is 5.56 Å². The number of nitrogens with two attached hydrogens (primary N) is 1. The SMILES string of the molecule is CC(C)S(=O)(=O)CCOc1ccc(C#CCN)cc1. The molecule has 0 aliphatic heterocycles. The maximum atomic E-state index is 11.6. The maximum absolute atomic E-state index is 11.6. The van der Waals surface area contributed by atoms with E-state index in [1.54, 1.807) is 26.0 Å². The van der Waals surface area contributed by atoms with Gasteiger partial charge in [0.1, 0.15) is 12.4 Å². The monoisotopic (exact) mass is 281 g/mol. The van der Waals surface area contributed by atoms with Crippen LogP contribution in [0, 0.1) is 11.8 Å². The first-order valence-electron chi connectivity index (χ1n) is 6.09. The Balaban J connectivity index is 2.51. The highest BCUT2D eigenvalue weighted by Crippen LogP contribution is 2.12. The second-order valence-electron chi connectivity index (χ2n) is 4.29. The van der Waals surface area contributed by atoms with E-state index in [4.69, 9.17) is 10.5 Å². The Labute approximate surface area is 114 Å². The highest BCUT2D eigenvalue weighted by molar-refractivity contribution is 7.91. The highest BCUT2D eigenvalue weighted by Gasteiger charge is 2.15. The topological polar surface area (TPSA) is 69.4 Å². The van der Waals surface area contributed by atoms with Crippen molar-refractivity contribution in [1.82, 2.24) is 0 Å². The first-order chi connectivity index (χ1) is 8.95. The van der Waals surface area contributed by atoms with Crippen LogP contribution in [-0.4, -0.2) is 32.6 Å². The van der Waals surface area contributed by atoms with Crippen LogP contribution >= 0.6 is 0 Å². The molecule has 0 bridgehead atoms. The molecule has 0 spiro atoms. The minimum Gasteiger partial charge on any atom is -0.493 e. The summed E-state index contributed by atoms with van der Waals surface area (Å²) in [5.41, 5.74) is 6.14. The zero-order valence-electron chi connectivity index (χ0n) is 11.2. The Morgan fingerprint density at radius 2 is 1.89 bits per heavy atom. The predicted molar refractivity (Wildman–Crippen MR) is 76.8 cm³/mol. The van der Waals surface area contributed by atoms with E-state index in [2.05, 4.69) is 11.8 Å². The zero-order chi connectivity index (χ0) is 14.3. The number of rotatable bonds is 5. The van der Waals surface area contributed by atoms with Crippen molar-refractivity contribution in [2.45, 2.75) is 19.1 Å². The Morgan fingerprint density at radius 1 is 1.26 bits per heavy atom. The molecule has 0 aliphatic carbocycles. The van der Waals surface area contributed by atoms with Crippen LogP contribution < -0.4 is 10.5 Å². The molecule has 1 aromatic rings. The summed E-state index contributed by atoms with van der Waals surface area (Å²) in [6.07, 6.45) is 0. The average molecular weight is 281 g/mol. The molecule has 1 aromatic carbocycles. The van der Waals surface area contributed by atoms with Crippen LogP contribution in [0.4, 0.5) is 0 Å². The molecule has 0 saturated heterocycles. The molecule has 0 aliphatic rings. The second-order valence-corrected chi connectivity index (χ2v) is 6.97. The van der Waals surface area contributed by atoms with Gasteiger partial charge in [-0.3, -0.25) is 0 Å². The van der Waals surface area contributed by atoms with Gasteiger partial charge in [-0.15, -0.1) is 0 Å². The molecule has 104 valence electrons. The van der Waals surface area contributed by atoms with Crippen molar-refractivity contribution >= 4 is 9.84 Å². The maximum Gasteiger partial charge on any atom is 0.155 e. The van der Waals surface area contributed by atoms with Crippen LogP contribution in [-0.2, 0) is 9.84 Å². The average Bonchev–Trinajstić information content (AvgIpc) is 2.37. The minimum atomic E-state index is -3.05. The summed E-state index contributed by atoms with van der Waals surface area (Å²) in [4.78, 5) is 0. The summed E-state index contributed by atoms with van der Waals surface area (Å²) in [7, 11) is -3.05. The largest absolute Gasteiger partial charge is 0.493 e. The summed E-state index contributed by atoms with van der Waals surface area (Å²) >= 11 is 0. The smallest absolute Gasteiger partial charge is 0.155 e. The van der Waals surface area contributed by atoms with Gasteiger partial charge in [-0.25, -0.2) is 8.42 Å². The van der Waals surface area contributed by atoms with Crippen LogP contribution in [0.3, 0.4) is 0 Å². The van der Waals surface area contributed by atoms with E-state index >= 15 is 0 Å². The minimum absolute atomic E-state index is 0.0272. The van der Waals surface area contributed by atoms with Crippen LogP contribution in [0.2, 0.25) is 0 Å². The van der Waals surface area contributed by atoms with Crippen molar-refractivity contribution in [3.05, 3.63) is 29.8 Å². The summed E-state index contributed by atoms with van der Waals surface area (Å²) < 4.78 is 28.6. The Kier molecular flexibility index (Phi) is 5.87. The standard InChI is InChI=1S/C14H19NO3S/c1-12(2)19(16,17)11-10-18-14-7-5-13(6-8-14)4-3-9-15/h5-8,12H,9-11,15H2,1-2H3.